The first-order valence-electron chi connectivity index (χ1n) is 6.17. The van der Waals surface area contributed by atoms with Crippen LogP contribution in [0.15, 0.2) is 43.0 Å². The number of hydrogen-bond donors (Lipinski definition) is 0. The Morgan fingerprint density at radius 1 is 1.18 bits per heavy atom. The summed E-state index contributed by atoms with van der Waals surface area (Å²) in [7, 11) is 0. The monoisotopic (exact) mass is 230 g/mol. The molecule has 0 heterocycles. The summed E-state index contributed by atoms with van der Waals surface area (Å²) in [4.78, 5) is 11.1. The van der Waals surface area contributed by atoms with E-state index in [1.165, 1.54) is 11.6 Å². The number of carbonyl (C=O) groups is 1. The van der Waals surface area contributed by atoms with E-state index in [-0.39, 0.29) is 12.1 Å². The smallest absolute Gasteiger partial charge is 0.330 e. The fourth-order valence-corrected chi connectivity index (χ4v) is 2.45. The number of esters is 1. The lowest BCUT2D eigenvalue weighted by atomic mass is 9.83. The second-order valence-corrected chi connectivity index (χ2v) is 4.53. The van der Waals surface area contributed by atoms with Crippen LogP contribution in [-0.4, -0.2) is 12.1 Å². The highest BCUT2D eigenvalue weighted by molar-refractivity contribution is 5.81. The summed E-state index contributed by atoms with van der Waals surface area (Å²) in [6.07, 6.45) is 5.43. The number of rotatable bonds is 3. The zero-order valence-corrected chi connectivity index (χ0v) is 9.97. The molecule has 1 aromatic carbocycles. The summed E-state index contributed by atoms with van der Waals surface area (Å²) in [6, 6.07) is 10.6. The van der Waals surface area contributed by atoms with E-state index in [2.05, 4.69) is 30.8 Å². The average molecular weight is 230 g/mol. The van der Waals surface area contributed by atoms with Crippen molar-refractivity contribution >= 4 is 5.97 Å². The van der Waals surface area contributed by atoms with Crippen LogP contribution in [0.25, 0.3) is 0 Å². The van der Waals surface area contributed by atoms with Gasteiger partial charge in [0.25, 0.3) is 0 Å². The van der Waals surface area contributed by atoms with E-state index < -0.39 is 0 Å². The van der Waals surface area contributed by atoms with Gasteiger partial charge in [0.15, 0.2) is 0 Å². The van der Waals surface area contributed by atoms with Crippen LogP contribution < -0.4 is 0 Å². The van der Waals surface area contributed by atoms with Crippen molar-refractivity contribution in [2.45, 2.75) is 37.7 Å². The Hall–Kier alpha value is -1.57. The van der Waals surface area contributed by atoms with Gasteiger partial charge in [0.05, 0.1) is 0 Å². The number of carbonyl (C=O) groups excluding carboxylic acids is 1. The summed E-state index contributed by atoms with van der Waals surface area (Å²) in [5.74, 6) is 0.322. The molecule has 2 rings (SSSR count). The lowest BCUT2D eigenvalue weighted by molar-refractivity contribution is -0.144. The van der Waals surface area contributed by atoms with Gasteiger partial charge in [0, 0.05) is 6.08 Å². The van der Waals surface area contributed by atoms with Crippen LogP contribution in [0.1, 0.15) is 37.2 Å². The second-order valence-electron chi connectivity index (χ2n) is 4.53. The molecular weight excluding hydrogens is 212 g/mol. The predicted octanol–water partition coefficient (Wildman–Crippen LogP) is 3.44. The molecule has 0 unspecified atom stereocenters. The van der Waals surface area contributed by atoms with Gasteiger partial charge in [0.2, 0.25) is 0 Å². The molecule has 0 radical (unpaired) electrons. The van der Waals surface area contributed by atoms with Crippen LogP contribution >= 0.6 is 0 Å². The van der Waals surface area contributed by atoms with Gasteiger partial charge < -0.3 is 4.74 Å². The number of benzene rings is 1. The maximum absolute atomic E-state index is 11.1. The fraction of sp³-hybridized carbons (Fsp3) is 0.400. The number of ether oxygens (including phenoxy) is 1. The fourth-order valence-electron chi connectivity index (χ4n) is 2.45. The maximum atomic E-state index is 11.1. The van der Waals surface area contributed by atoms with Gasteiger partial charge in [-0.15, -0.1) is 0 Å². The average Bonchev–Trinajstić information content (AvgIpc) is 2.40. The molecule has 2 nitrogen and oxygen atoms in total. The van der Waals surface area contributed by atoms with Crippen LogP contribution in [0.4, 0.5) is 0 Å². The van der Waals surface area contributed by atoms with E-state index >= 15 is 0 Å². The summed E-state index contributed by atoms with van der Waals surface area (Å²) in [5.41, 5.74) is 1.40. The molecule has 0 aromatic heterocycles. The van der Waals surface area contributed by atoms with Crippen molar-refractivity contribution in [2.24, 2.45) is 0 Å². The van der Waals surface area contributed by atoms with Crippen LogP contribution in [0.3, 0.4) is 0 Å². The summed E-state index contributed by atoms with van der Waals surface area (Å²) >= 11 is 0. The Morgan fingerprint density at radius 3 is 2.41 bits per heavy atom. The molecule has 17 heavy (non-hydrogen) atoms. The molecule has 1 aliphatic rings. The molecule has 1 saturated carbocycles. The first-order chi connectivity index (χ1) is 8.29. The molecule has 0 bridgehead atoms. The van der Waals surface area contributed by atoms with E-state index in [9.17, 15) is 4.79 Å². The lowest BCUT2D eigenvalue weighted by Crippen LogP contribution is -2.22. The van der Waals surface area contributed by atoms with Crippen molar-refractivity contribution < 1.29 is 9.53 Å². The summed E-state index contributed by atoms with van der Waals surface area (Å²) in [6.45, 7) is 3.41. The highest BCUT2D eigenvalue weighted by Gasteiger charge is 2.23. The Labute approximate surface area is 102 Å². The molecular formula is C15H18O2. The maximum Gasteiger partial charge on any atom is 0.330 e. The molecule has 1 fully saturated rings. The van der Waals surface area contributed by atoms with Crippen molar-refractivity contribution in [3.8, 4) is 0 Å². The van der Waals surface area contributed by atoms with Gasteiger partial charge in [-0.3, -0.25) is 0 Å². The van der Waals surface area contributed by atoms with Crippen molar-refractivity contribution in [3.63, 3.8) is 0 Å². The Kier molecular flexibility index (Phi) is 3.97. The SMILES string of the molecule is C=CC(=O)O[C@H]1CC[C@H](c2ccccc2)CC1. The second kappa shape index (κ2) is 5.67. The minimum atomic E-state index is -0.298. The summed E-state index contributed by atoms with van der Waals surface area (Å²) < 4.78 is 5.27. The lowest BCUT2D eigenvalue weighted by Gasteiger charge is -2.28. The quantitative estimate of drug-likeness (QED) is 0.587. The van der Waals surface area contributed by atoms with Crippen molar-refractivity contribution in [3.05, 3.63) is 48.6 Å². The van der Waals surface area contributed by atoms with Gasteiger partial charge in [-0.25, -0.2) is 4.79 Å². The van der Waals surface area contributed by atoms with Crippen LogP contribution in [0, 0.1) is 0 Å². The van der Waals surface area contributed by atoms with E-state index in [0.29, 0.717) is 5.92 Å². The van der Waals surface area contributed by atoms with Crippen LogP contribution in [0.5, 0.6) is 0 Å². The van der Waals surface area contributed by atoms with Gasteiger partial charge in [-0.2, -0.15) is 0 Å². The van der Waals surface area contributed by atoms with Crippen LogP contribution in [-0.2, 0) is 9.53 Å². The number of hydrogen-bond acceptors (Lipinski definition) is 2. The third kappa shape index (κ3) is 3.19. The van der Waals surface area contributed by atoms with Gasteiger partial charge in [-0.1, -0.05) is 36.9 Å². The molecule has 2 heteroatoms. The normalized spacial score (nSPS) is 24.0. The molecule has 1 aliphatic carbocycles. The van der Waals surface area contributed by atoms with E-state index in [1.54, 1.807) is 0 Å². The molecule has 0 aliphatic heterocycles. The molecule has 0 atom stereocenters. The predicted molar refractivity (Wildman–Crippen MR) is 67.7 cm³/mol. The largest absolute Gasteiger partial charge is 0.459 e. The van der Waals surface area contributed by atoms with E-state index in [4.69, 9.17) is 4.74 Å². The van der Waals surface area contributed by atoms with E-state index in [1.807, 2.05) is 6.07 Å². The molecule has 0 N–H and O–H groups in total. The van der Waals surface area contributed by atoms with Crippen molar-refractivity contribution in [1.29, 1.82) is 0 Å². The first-order valence-corrected chi connectivity index (χ1v) is 6.17. The third-order valence-electron chi connectivity index (χ3n) is 3.39. The minimum Gasteiger partial charge on any atom is -0.459 e. The molecule has 0 saturated heterocycles. The molecule has 1 aromatic rings. The molecule has 0 amide bonds. The Balaban J connectivity index is 1.86. The van der Waals surface area contributed by atoms with E-state index in [0.717, 1.165) is 25.7 Å². The van der Waals surface area contributed by atoms with Crippen molar-refractivity contribution in [2.75, 3.05) is 0 Å². The van der Waals surface area contributed by atoms with Crippen LogP contribution in [0.2, 0.25) is 0 Å². The zero-order chi connectivity index (χ0) is 12.1. The minimum absolute atomic E-state index is 0.0838. The standard InChI is InChI=1S/C15H18O2/c1-2-15(16)17-14-10-8-13(9-11-14)12-6-4-3-5-7-12/h2-7,13-14H,1,8-11H2/t13-,14-. The first kappa shape index (κ1) is 11.9. The third-order valence-corrected chi connectivity index (χ3v) is 3.39. The zero-order valence-electron chi connectivity index (χ0n) is 9.97. The summed E-state index contributed by atoms with van der Waals surface area (Å²) in [5, 5.41) is 0. The molecule has 0 spiro atoms. The molecule has 90 valence electrons. The van der Waals surface area contributed by atoms with Gasteiger partial charge in [-0.05, 0) is 37.2 Å². The Bertz CT molecular complexity index is 375. The van der Waals surface area contributed by atoms with Gasteiger partial charge >= 0.3 is 5.97 Å². The topological polar surface area (TPSA) is 26.3 Å². The van der Waals surface area contributed by atoms with Crippen molar-refractivity contribution in [1.82, 2.24) is 0 Å². The highest BCUT2D eigenvalue weighted by Crippen LogP contribution is 2.33. The Morgan fingerprint density at radius 2 is 1.82 bits per heavy atom. The highest BCUT2D eigenvalue weighted by atomic mass is 16.5. The van der Waals surface area contributed by atoms with Gasteiger partial charge in [0.1, 0.15) is 6.10 Å².